The summed E-state index contributed by atoms with van der Waals surface area (Å²) in [5.41, 5.74) is 6.21. The lowest BCUT2D eigenvalue weighted by atomic mass is 10.0. The summed E-state index contributed by atoms with van der Waals surface area (Å²) in [4.78, 5) is 31.1. The minimum Gasteiger partial charge on any atom is -0.451 e. The second-order valence-electron chi connectivity index (χ2n) is 12.6. The predicted octanol–water partition coefficient (Wildman–Crippen LogP) is 7.09. The number of hydrogen-bond donors (Lipinski definition) is 1. The summed E-state index contributed by atoms with van der Waals surface area (Å²) in [7, 11) is 0. The van der Waals surface area contributed by atoms with E-state index in [9.17, 15) is 14.9 Å². The summed E-state index contributed by atoms with van der Waals surface area (Å²) in [6.07, 6.45) is 4.63. The monoisotopic (exact) mass is 671 g/mol. The van der Waals surface area contributed by atoms with Gasteiger partial charge in [-0.2, -0.15) is 15.8 Å². The smallest absolute Gasteiger partial charge is 0.291 e. The van der Waals surface area contributed by atoms with E-state index in [1.807, 2.05) is 30.5 Å². The zero-order valence-electron chi connectivity index (χ0n) is 27.8. The van der Waals surface area contributed by atoms with Gasteiger partial charge in [-0.3, -0.25) is 19.1 Å². The van der Waals surface area contributed by atoms with Gasteiger partial charge in [0, 0.05) is 60.1 Å². The van der Waals surface area contributed by atoms with Gasteiger partial charge in [-0.25, -0.2) is 0 Å². The highest BCUT2D eigenvalue weighted by Gasteiger charge is 2.20. The Labute approximate surface area is 294 Å². The molecule has 10 heteroatoms. The van der Waals surface area contributed by atoms with Crippen LogP contribution in [0.3, 0.4) is 0 Å². The van der Waals surface area contributed by atoms with Gasteiger partial charge in [0.1, 0.15) is 5.58 Å². The number of carbonyl (C=O) groups excluding carboxylic acids is 2. The Hall–Kier alpha value is -6.67. The number of amides is 1. The quantitative estimate of drug-likeness (QED) is 0.161. The molecule has 1 amide bonds. The fraction of sp³-hybridized carbons (Fsp3) is 0.195. The first-order valence-corrected chi connectivity index (χ1v) is 16.8. The van der Waals surface area contributed by atoms with Crippen LogP contribution in [-0.2, 0) is 6.42 Å². The molecule has 0 aliphatic carbocycles. The van der Waals surface area contributed by atoms with E-state index in [0.29, 0.717) is 33.5 Å². The maximum absolute atomic E-state index is 13.4. The van der Waals surface area contributed by atoms with E-state index in [0.717, 1.165) is 79.5 Å². The minimum absolute atomic E-state index is 0.170. The molecule has 10 nitrogen and oxygen atoms in total. The number of furan rings is 1. The first-order valence-electron chi connectivity index (χ1n) is 16.8. The minimum atomic E-state index is -0.347. The molecule has 0 saturated carbocycles. The molecule has 4 aromatic carbocycles. The maximum atomic E-state index is 13.4. The summed E-state index contributed by atoms with van der Waals surface area (Å²) >= 11 is 0. The van der Waals surface area contributed by atoms with Gasteiger partial charge in [-0.15, -0.1) is 0 Å². The van der Waals surface area contributed by atoms with Crippen molar-refractivity contribution in [2.45, 2.75) is 19.3 Å². The number of aromatic nitrogens is 1. The van der Waals surface area contributed by atoms with Crippen molar-refractivity contribution >= 4 is 45.1 Å². The van der Waals surface area contributed by atoms with Gasteiger partial charge in [0.25, 0.3) is 11.8 Å². The van der Waals surface area contributed by atoms with Crippen molar-refractivity contribution in [3.8, 4) is 18.2 Å². The predicted molar refractivity (Wildman–Crippen MR) is 194 cm³/mol. The standard InChI is InChI=1S/C41H33N7O3/c42-24-28-4-9-31(10-5-28)41(50)48-27-32(36-21-30(26-44)8-14-37(36)48)3-1-2-16-46-17-19-47(20-18-46)35-13-15-38-33(22-35)23-39(51-38)40(49)45-34-11-6-29(25-43)7-12-34/h4-15,21-23,27H,1-3,16-20H2,(H,45,49). The van der Waals surface area contributed by atoms with Crippen LogP contribution in [0.2, 0.25) is 0 Å². The van der Waals surface area contributed by atoms with Crippen LogP contribution in [-0.4, -0.2) is 54.0 Å². The number of carbonyl (C=O) groups is 2. The van der Waals surface area contributed by atoms with Gasteiger partial charge in [0.2, 0.25) is 0 Å². The molecular formula is C41H33N7O3. The zero-order valence-corrected chi connectivity index (χ0v) is 27.8. The molecule has 3 heterocycles. The number of nitrogens with one attached hydrogen (secondary N) is 1. The summed E-state index contributed by atoms with van der Waals surface area (Å²) in [6, 6.07) is 32.9. The SMILES string of the molecule is N#Cc1ccc(NC(=O)c2cc3cc(N4CCN(CCCCc5cn(C(=O)c6ccc(C#N)cc6)c6ccc(C#N)cc56)CC4)ccc3o2)cc1. The molecule has 250 valence electrons. The van der Waals surface area contributed by atoms with Gasteiger partial charge < -0.3 is 14.6 Å². The zero-order chi connectivity index (χ0) is 35.3. The molecule has 0 unspecified atom stereocenters. The molecule has 0 bridgehead atoms. The van der Waals surface area contributed by atoms with E-state index in [2.05, 4.69) is 39.4 Å². The number of nitrogens with zero attached hydrogens (tertiary/aromatic N) is 6. The van der Waals surface area contributed by atoms with Crippen molar-refractivity contribution in [2.24, 2.45) is 0 Å². The molecule has 0 radical (unpaired) electrons. The molecule has 1 N–H and O–H groups in total. The molecule has 7 rings (SSSR count). The van der Waals surface area contributed by atoms with E-state index < -0.39 is 0 Å². The number of hydrogen-bond acceptors (Lipinski definition) is 8. The number of benzene rings is 4. The van der Waals surface area contributed by atoms with Gasteiger partial charge in [-0.05, 0) is 122 Å². The van der Waals surface area contributed by atoms with Gasteiger partial charge >= 0.3 is 0 Å². The van der Waals surface area contributed by atoms with Crippen LogP contribution in [0.25, 0.3) is 21.9 Å². The Morgan fingerprint density at radius 2 is 1.43 bits per heavy atom. The summed E-state index contributed by atoms with van der Waals surface area (Å²) in [5.74, 6) is -0.291. The van der Waals surface area contributed by atoms with Crippen LogP contribution in [0, 0.1) is 34.0 Å². The lowest BCUT2D eigenvalue weighted by molar-refractivity contribution is 0.0963. The topological polar surface area (TPSA) is 142 Å². The van der Waals surface area contributed by atoms with Crippen LogP contribution >= 0.6 is 0 Å². The van der Waals surface area contributed by atoms with Gasteiger partial charge in [0.05, 0.1) is 40.4 Å². The second kappa shape index (κ2) is 14.4. The number of aryl methyl sites for hydroxylation is 1. The van der Waals surface area contributed by atoms with Gasteiger partial charge in [-0.1, -0.05) is 0 Å². The van der Waals surface area contributed by atoms with Crippen molar-refractivity contribution < 1.29 is 14.0 Å². The third-order valence-corrected chi connectivity index (χ3v) is 9.40. The lowest BCUT2D eigenvalue weighted by Gasteiger charge is -2.36. The highest BCUT2D eigenvalue weighted by Crippen LogP contribution is 2.28. The lowest BCUT2D eigenvalue weighted by Crippen LogP contribution is -2.46. The average Bonchev–Trinajstić information content (AvgIpc) is 3.78. The fourth-order valence-electron chi connectivity index (χ4n) is 6.60. The van der Waals surface area contributed by atoms with Crippen molar-refractivity contribution in [1.29, 1.82) is 15.8 Å². The summed E-state index contributed by atoms with van der Waals surface area (Å²) in [5, 5.41) is 32.2. The van der Waals surface area contributed by atoms with Crippen molar-refractivity contribution in [2.75, 3.05) is 42.9 Å². The Kier molecular flexibility index (Phi) is 9.30. The molecular weight excluding hydrogens is 638 g/mol. The molecule has 6 aromatic rings. The molecule has 2 aromatic heterocycles. The molecule has 1 fully saturated rings. The fourth-order valence-corrected chi connectivity index (χ4v) is 6.60. The first kappa shape index (κ1) is 32.9. The van der Waals surface area contributed by atoms with Crippen LogP contribution in [0.15, 0.2) is 102 Å². The molecule has 1 saturated heterocycles. The summed E-state index contributed by atoms with van der Waals surface area (Å²) < 4.78 is 7.49. The number of unbranched alkanes of at least 4 members (excludes halogenated alkanes) is 1. The number of rotatable bonds is 9. The highest BCUT2D eigenvalue weighted by molar-refractivity contribution is 6.05. The van der Waals surface area contributed by atoms with Crippen molar-refractivity contribution in [3.63, 3.8) is 0 Å². The largest absolute Gasteiger partial charge is 0.451 e. The van der Waals surface area contributed by atoms with Crippen LogP contribution in [0.5, 0.6) is 0 Å². The maximum Gasteiger partial charge on any atom is 0.291 e. The number of anilines is 2. The summed E-state index contributed by atoms with van der Waals surface area (Å²) in [6.45, 7) is 4.62. The third kappa shape index (κ3) is 7.07. The molecule has 1 aliphatic rings. The Morgan fingerprint density at radius 1 is 0.745 bits per heavy atom. The number of nitriles is 3. The van der Waals surface area contributed by atoms with E-state index in [1.54, 1.807) is 65.2 Å². The van der Waals surface area contributed by atoms with Crippen LogP contribution in [0.1, 0.15) is 56.0 Å². The molecule has 0 atom stereocenters. The molecule has 0 spiro atoms. The third-order valence-electron chi connectivity index (χ3n) is 9.40. The van der Waals surface area contributed by atoms with Crippen molar-refractivity contribution in [3.05, 3.63) is 131 Å². The van der Waals surface area contributed by atoms with Gasteiger partial charge in [0.15, 0.2) is 5.76 Å². The van der Waals surface area contributed by atoms with Crippen molar-refractivity contribution in [1.82, 2.24) is 9.47 Å². The van der Waals surface area contributed by atoms with E-state index >= 15 is 0 Å². The second-order valence-corrected chi connectivity index (χ2v) is 12.6. The Balaban J connectivity index is 0.931. The van der Waals surface area contributed by atoms with E-state index in [-0.39, 0.29) is 17.6 Å². The molecule has 1 aliphatic heterocycles. The Morgan fingerprint density at radius 3 is 2.14 bits per heavy atom. The number of fused-ring (bicyclic) bond motifs is 2. The number of piperazine rings is 1. The highest BCUT2D eigenvalue weighted by atomic mass is 16.3. The normalized spacial score (nSPS) is 13.1. The van der Waals surface area contributed by atoms with Crippen LogP contribution in [0.4, 0.5) is 11.4 Å². The van der Waals surface area contributed by atoms with E-state index in [1.165, 1.54) is 0 Å². The first-order chi connectivity index (χ1) is 24.9. The van der Waals surface area contributed by atoms with E-state index in [4.69, 9.17) is 14.9 Å². The molecule has 51 heavy (non-hydrogen) atoms. The Bertz CT molecular complexity index is 2380. The van der Waals surface area contributed by atoms with Crippen LogP contribution < -0.4 is 10.2 Å². The average molecular weight is 672 g/mol.